The van der Waals surface area contributed by atoms with Gasteiger partial charge in [-0.25, -0.2) is 0 Å². The first kappa shape index (κ1) is 19.1. The zero-order chi connectivity index (χ0) is 15.2. The second kappa shape index (κ2) is 9.23. The van der Waals surface area contributed by atoms with Crippen molar-refractivity contribution in [2.75, 3.05) is 25.5 Å². The molecule has 1 aromatic rings. The van der Waals surface area contributed by atoms with Crippen LogP contribution in [0.15, 0.2) is 18.2 Å². The Morgan fingerprint density at radius 1 is 1.55 bits per heavy atom. The molecule has 1 amide bonds. The number of amides is 1. The summed E-state index contributed by atoms with van der Waals surface area (Å²) < 4.78 is 5.24. The Hall–Kier alpha value is -0.970. The molecule has 6 heteroatoms. The molecule has 1 aliphatic heterocycles. The third-order valence-electron chi connectivity index (χ3n) is 4.08. The summed E-state index contributed by atoms with van der Waals surface area (Å²) in [6.07, 6.45) is 2.91. The van der Waals surface area contributed by atoms with Crippen LogP contribution in [0.5, 0.6) is 5.75 Å². The molecule has 2 atom stereocenters. The van der Waals surface area contributed by atoms with Crippen molar-refractivity contribution in [3.63, 3.8) is 0 Å². The molecule has 2 N–H and O–H groups in total. The van der Waals surface area contributed by atoms with Crippen molar-refractivity contribution in [2.24, 2.45) is 11.8 Å². The van der Waals surface area contributed by atoms with Crippen LogP contribution >= 0.6 is 24.0 Å². The molecule has 2 unspecified atom stereocenters. The van der Waals surface area contributed by atoms with Crippen LogP contribution in [0.1, 0.15) is 26.2 Å². The van der Waals surface area contributed by atoms with Gasteiger partial charge in [0.2, 0.25) is 5.91 Å². The lowest BCUT2D eigenvalue weighted by Crippen LogP contribution is -2.34. The molecule has 0 aliphatic carbocycles. The number of carbonyl (C=O) groups excluding carboxylic acids is 1. The van der Waals surface area contributed by atoms with Crippen molar-refractivity contribution in [3.05, 3.63) is 23.2 Å². The fourth-order valence-electron chi connectivity index (χ4n) is 2.80. The second-order valence-electron chi connectivity index (χ2n) is 5.68. The van der Waals surface area contributed by atoms with E-state index in [1.807, 2.05) is 0 Å². The van der Waals surface area contributed by atoms with E-state index in [1.165, 1.54) is 12.8 Å². The highest BCUT2D eigenvalue weighted by atomic mass is 35.5. The van der Waals surface area contributed by atoms with Gasteiger partial charge in [-0.05, 0) is 56.0 Å². The fourth-order valence-corrected chi connectivity index (χ4v) is 2.97. The largest absolute Gasteiger partial charge is 0.495 e. The van der Waals surface area contributed by atoms with Gasteiger partial charge < -0.3 is 15.4 Å². The molecule has 22 heavy (non-hydrogen) atoms. The van der Waals surface area contributed by atoms with Gasteiger partial charge in [-0.15, -0.1) is 12.4 Å². The van der Waals surface area contributed by atoms with E-state index in [1.54, 1.807) is 25.3 Å². The predicted molar refractivity (Wildman–Crippen MR) is 93.3 cm³/mol. The van der Waals surface area contributed by atoms with Crippen LogP contribution in [-0.4, -0.2) is 26.1 Å². The smallest absolute Gasteiger partial charge is 0.224 e. The van der Waals surface area contributed by atoms with Crippen LogP contribution in [0.25, 0.3) is 0 Å². The molecule has 0 radical (unpaired) electrons. The summed E-state index contributed by atoms with van der Waals surface area (Å²) in [4.78, 5) is 12.2. The maximum Gasteiger partial charge on any atom is 0.224 e. The quantitative estimate of drug-likeness (QED) is 0.853. The lowest BCUT2D eigenvalue weighted by molar-refractivity contribution is -0.117. The summed E-state index contributed by atoms with van der Waals surface area (Å²) in [5.41, 5.74) is 0.629. The molecular weight excluding hydrogens is 323 g/mol. The number of nitrogens with one attached hydrogen (secondary N) is 2. The van der Waals surface area contributed by atoms with E-state index in [9.17, 15) is 4.79 Å². The maximum absolute atomic E-state index is 12.2. The minimum absolute atomic E-state index is 0. The Morgan fingerprint density at radius 3 is 2.95 bits per heavy atom. The molecule has 0 spiro atoms. The molecule has 0 bridgehead atoms. The third kappa shape index (κ3) is 5.34. The van der Waals surface area contributed by atoms with Crippen molar-refractivity contribution in [3.8, 4) is 5.75 Å². The van der Waals surface area contributed by atoms with E-state index in [0.717, 1.165) is 13.1 Å². The lowest BCUT2D eigenvalue weighted by Gasteiger charge is -2.28. The number of piperidine rings is 1. The van der Waals surface area contributed by atoms with Crippen LogP contribution in [0.4, 0.5) is 5.69 Å². The average Bonchev–Trinajstić information content (AvgIpc) is 2.48. The molecule has 0 saturated carbocycles. The molecule has 124 valence electrons. The number of halogens is 2. The Morgan fingerprint density at radius 2 is 2.32 bits per heavy atom. The summed E-state index contributed by atoms with van der Waals surface area (Å²) in [5.74, 6) is 1.57. The molecule has 1 aliphatic rings. The summed E-state index contributed by atoms with van der Waals surface area (Å²) in [7, 11) is 1.58. The second-order valence-corrected chi connectivity index (χ2v) is 6.12. The summed E-state index contributed by atoms with van der Waals surface area (Å²) >= 11 is 5.97. The molecule has 4 nitrogen and oxygen atoms in total. The Bertz CT molecular complexity index is 491. The van der Waals surface area contributed by atoms with Gasteiger partial charge in [0.05, 0.1) is 12.8 Å². The minimum Gasteiger partial charge on any atom is -0.495 e. The van der Waals surface area contributed by atoms with E-state index in [-0.39, 0.29) is 18.3 Å². The average molecular weight is 347 g/mol. The number of ether oxygens (including phenoxy) is 1. The number of carbonyl (C=O) groups is 1. The van der Waals surface area contributed by atoms with Gasteiger partial charge in [-0.3, -0.25) is 4.79 Å². The van der Waals surface area contributed by atoms with E-state index >= 15 is 0 Å². The molecule has 1 heterocycles. The van der Waals surface area contributed by atoms with Crippen molar-refractivity contribution in [1.82, 2.24) is 5.32 Å². The maximum atomic E-state index is 12.2. The number of rotatable bonds is 5. The third-order valence-corrected chi connectivity index (χ3v) is 4.32. The highest BCUT2D eigenvalue weighted by molar-refractivity contribution is 6.31. The van der Waals surface area contributed by atoms with Crippen LogP contribution in [0, 0.1) is 11.8 Å². The van der Waals surface area contributed by atoms with Gasteiger partial charge in [-0.2, -0.15) is 0 Å². The molecule has 2 rings (SSSR count). The van der Waals surface area contributed by atoms with Gasteiger partial charge in [0, 0.05) is 11.4 Å². The van der Waals surface area contributed by atoms with Crippen molar-refractivity contribution >= 4 is 35.6 Å². The van der Waals surface area contributed by atoms with E-state index in [2.05, 4.69) is 17.6 Å². The van der Waals surface area contributed by atoms with Gasteiger partial charge in [0.1, 0.15) is 5.75 Å². The SMILES string of the molecule is COc1ccc(Cl)cc1NC(=O)CC(C)C1CCCNC1.Cl. The Kier molecular flexibility index (Phi) is 8.01. The topological polar surface area (TPSA) is 50.4 Å². The van der Waals surface area contributed by atoms with Crippen LogP contribution < -0.4 is 15.4 Å². The minimum atomic E-state index is 0. The first-order valence-electron chi connectivity index (χ1n) is 7.44. The molecule has 1 saturated heterocycles. The van der Waals surface area contributed by atoms with Gasteiger partial charge >= 0.3 is 0 Å². The highest BCUT2D eigenvalue weighted by Crippen LogP contribution is 2.29. The van der Waals surface area contributed by atoms with Crippen molar-refractivity contribution in [2.45, 2.75) is 26.2 Å². The van der Waals surface area contributed by atoms with Crippen LogP contribution in [-0.2, 0) is 4.79 Å². The molecular formula is C16H24Cl2N2O2. The molecule has 0 aromatic heterocycles. The van der Waals surface area contributed by atoms with Crippen molar-refractivity contribution in [1.29, 1.82) is 0 Å². The number of hydrogen-bond donors (Lipinski definition) is 2. The zero-order valence-corrected chi connectivity index (χ0v) is 14.6. The van der Waals surface area contributed by atoms with E-state index in [0.29, 0.717) is 34.7 Å². The monoisotopic (exact) mass is 346 g/mol. The normalized spacial score (nSPS) is 19.0. The molecule has 1 fully saturated rings. The van der Waals surface area contributed by atoms with Crippen LogP contribution in [0.3, 0.4) is 0 Å². The predicted octanol–water partition coefficient (Wildman–Crippen LogP) is 3.73. The zero-order valence-electron chi connectivity index (χ0n) is 13.0. The van der Waals surface area contributed by atoms with Gasteiger partial charge in [-0.1, -0.05) is 18.5 Å². The number of methoxy groups -OCH3 is 1. The number of hydrogen-bond acceptors (Lipinski definition) is 3. The Balaban J connectivity index is 0.00000242. The summed E-state index contributed by atoms with van der Waals surface area (Å²) in [6, 6.07) is 5.21. The number of benzene rings is 1. The van der Waals surface area contributed by atoms with E-state index < -0.39 is 0 Å². The first-order chi connectivity index (χ1) is 10.1. The first-order valence-corrected chi connectivity index (χ1v) is 7.82. The molecule has 1 aromatic carbocycles. The summed E-state index contributed by atoms with van der Waals surface area (Å²) in [5, 5.41) is 6.88. The fraction of sp³-hybridized carbons (Fsp3) is 0.562. The van der Waals surface area contributed by atoms with E-state index in [4.69, 9.17) is 16.3 Å². The lowest BCUT2D eigenvalue weighted by atomic mass is 9.85. The van der Waals surface area contributed by atoms with Crippen LogP contribution in [0.2, 0.25) is 5.02 Å². The standard InChI is InChI=1S/C16H23ClN2O2.ClH/c1-11(12-4-3-7-18-10-12)8-16(20)19-14-9-13(17)5-6-15(14)21-2;/h5-6,9,11-12,18H,3-4,7-8,10H2,1-2H3,(H,19,20);1H. The van der Waals surface area contributed by atoms with Gasteiger partial charge in [0.15, 0.2) is 0 Å². The van der Waals surface area contributed by atoms with Gasteiger partial charge in [0.25, 0.3) is 0 Å². The number of anilines is 1. The van der Waals surface area contributed by atoms with Crippen molar-refractivity contribution < 1.29 is 9.53 Å². The summed E-state index contributed by atoms with van der Waals surface area (Å²) in [6.45, 7) is 4.25. The Labute approximate surface area is 143 Å². The highest BCUT2D eigenvalue weighted by Gasteiger charge is 2.22.